The molecule has 1 aromatic carbocycles. The number of fused-ring (bicyclic) bond motifs is 1. The van der Waals surface area contributed by atoms with Crippen LogP contribution in [0, 0.1) is 33.5 Å². The summed E-state index contributed by atoms with van der Waals surface area (Å²) in [5.41, 5.74) is 4.40. The Kier molecular flexibility index (Phi) is 3.92. The summed E-state index contributed by atoms with van der Waals surface area (Å²) in [7, 11) is 0. The van der Waals surface area contributed by atoms with Gasteiger partial charge in [-0.05, 0) is 25.5 Å². The molecule has 7 heteroatoms. The van der Waals surface area contributed by atoms with Gasteiger partial charge in [-0.1, -0.05) is 34.1 Å². The van der Waals surface area contributed by atoms with E-state index in [-0.39, 0.29) is 19.0 Å². The number of hydrogen-bond donors (Lipinski definition) is 1. The van der Waals surface area contributed by atoms with Gasteiger partial charge in [-0.25, -0.2) is 4.99 Å². The predicted molar refractivity (Wildman–Crippen MR) is 90.6 cm³/mol. The number of nitrogens with two attached hydrogens (primary N) is 1. The van der Waals surface area contributed by atoms with E-state index in [1.54, 1.807) is 13.8 Å². The van der Waals surface area contributed by atoms with Gasteiger partial charge >= 0.3 is 0 Å². The van der Waals surface area contributed by atoms with Gasteiger partial charge in [0.25, 0.3) is 5.91 Å². The summed E-state index contributed by atoms with van der Waals surface area (Å²) in [5.74, 6) is -1.95. The molecule has 24 heavy (non-hydrogen) atoms. The Morgan fingerprint density at radius 2 is 1.83 bits per heavy atom. The number of halogens is 1. The molecule has 0 saturated heterocycles. The molecule has 3 rings (SSSR count). The van der Waals surface area contributed by atoms with E-state index in [1.165, 1.54) is 0 Å². The van der Waals surface area contributed by atoms with Crippen LogP contribution >= 0.6 is 15.9 Å². The Balaban J connectivity index is 2.25. The van der Waals surface area contributed by atoms with E-state index >= 15 is 0 Å². The van der Waals surface area contributed by atoms with E-state index in [4.69, 9.17) is 15.2 Å². The molecule has 1 heterocycles. The van der Waals surface area contributed by atoms with Crippen LogP contribution in [0.15, 0.2) is 33.7 Å². The monoisotopic (exact) mass is 388 g/mol. The first-order valence-corrected chi connectivity index (χ1v) is 8.51. The van der Waals surface area contributed by atoms with Crippen LogP contribution in [0.2, 0.25) is 0 Å². The molecule has 6 nitrogen and oxygen atoms in total. The van der Waals surface area contributed by atoms with Gasteiger partial charge < -0.3 is 15.2 Å². The van der Waals surface area contributed by atoms with Crippen molar-refractivity contribution in [3.8, 4) is 12.1 Å². The van der Waals surface area contributed by atoms with Crippen LogP contribution < -0.4 is 5.73 Å². The third-order valence-corrected chi connectivity index (χ3v) is 5.55. The molecule has 1 aliphatic heterocycles. The summed E-state index contributed by atoms with van der Waals surface area (Å²) in [5, 5.41) is 20.0. The smallest absolute Gasteiger partial charge is 0.293 e. The van der Waals surface area contributed by atoms with E-state index in [1.807, 2.05) is 24.3 Å². The number of rotatable bonds is 5. The van der Waals surface area contributed by atoms with Gasteiger partial charge in [-0.3, -0.25) is 0 Å². The second-order valence-electron chi connectivity index (χ2n) is 5.74. The van der Waals surface area contributed by atoms with Crippen molar-refractivity contribution in [2.75, 3.05) is 13.2 Å². The standard InChI is InChI=1S/C17H17BrN4O2/c1-3-23-17(24-4-2)16(10-20)13(11-7-5-6-8-12(11)18)15(16,9-19)14(21)22-17/h5-8,13H,3-4H2,1-2H3,(H2,21,22)/t13-,15+,16+/m0/s1. The third kappa shape index (κ3) is 1.67. The fraction of sp³-hybridized carbons (Fsp3) is 0.471. The number of amidine groups is 1. The molecule has 1 aromatic rings. The lowest BCUT2D eigenvalue weighted by Gasteiger charge is -2.31. The number of benzene rings is 1. The highest BCUT2D eigenvalue weighted by Crippen LogP contribution is 2.82. The minimum atomic E-state index is -1.56. The fourth-order valence-electron chi connectivity index (χ4n) is 3.93. The summed E-state index contributed by atoms with van der Waals surface area (Å²) >= 11 is 3.51. The maximum Gasteiger partial charge on any atom is 0.293 e. The minimum Gasteiger partial charge on any atom is -0.386 e. The second kappa shape index (κ2) is 5.56. The number of nitriles is 2. The summed E-state index contributed by atoms with van der Waals surface area (Å²) in [6.07, 6.45) is 0. The molecular formula is C17H17BrN4O2. The number of aliphatic imine (C=N–C) groups is 1. The highest BCUT2D eigenvalue weighted by molar-refractivity contribution is 9.10. The van der Waals surface area contributed by atoms with Gasteiger partial charge in [0.1, 0.15) is 11.3 Å². The molecule has 2 N–H and O–H groups in total. The summed E-state index contributed by atoms with van der Waals surface area (Å²) in [4.78, 5) is 4.31. The van der Waals surface area contributed by atoms with Crippen LogP contribution in [0.25, 0.3) is 0 Å². The summed E-state index contributed by atoms with van der Waals surface area (Å²) < 4.78 is 12.4. The first-order chi connectivity index (χ1) is 11.5. The van der Waals surface area contributed by atoms with Crippen molar-refractivity contribution in [3.63, 3.8) is 0 Å². The maximum absolute atomic E-state index is 10.1. The Bertz CT molecular complexity index is 791. The first kappa shape index (κ1) is 16.9. The molecule has 1 saturated carbocycles. The van der Waals surface area contributed by atoms with E-state index in [9.17, 15) is 10.5 Å². The van der Waals surface area contributed by atoms with Crippen LogP contribution in [0.3, 0.4) is 0 Å². The summed E-state index contributed by atoms with van der Waals surface area (Å²) in [6.45, 7) is 4.15. The molecule has 0 bridgehead atoms. The highest BCUT2D eigenvalue weighted by atomic mass is 79.9. The normalized spacial score (nSPS) is 32.4. The zero-order valence-corrected chi connectivity index (χ0v) is 15.0. The van der Waals surface area contributed by atoms with E-state index in [0.717, 1.165) is 10.0 Å². The van der Waals surface area contributed by atoms with Crippen molar-refractivity contribution in [3.05, 3.63) is 34.3 Å². The van der Waals surface area contributed by atoms with Crippen LogP contribution in [-0.4, -0.2) is 25.0 Å². The Morgan fingerprint density at radius 1 is 1.21 bits per heavy atom. The number of nitrogens with zero attached hydrogens (tertiary/aromatic N) is 3. The second-order valence-corrected chi connectivity index (χ2v) is 6.59. The molecule has 0 amide bonds. The average molecular weight is 389 g/mol. The Hall–Kier alpha value is -1.93. The molecule has 0 radical (unpaired) electrons. The zero-order chi connectivity index (χ0) is 17.6. The van der Waals surface area contributed by atoms with Crippen molar-refractivity contribution in [2.45, 2.75) is 25.7 Å². The number of ether oxygens (including phenoxy) is 2. The van der Waals surface area contributed by atoms with Gasteiger partial charge in [-0.15, -0.1) is 0 Å². The van der Waals surface area contributed by atoms with Gasteiger partial charge in [0.2, 0.25) is 0 Å². The fourth-order valence-corrected chi connectivity index (χ4v) is 4.44. The lowest BCUT2D eigenvalue weighted by atomic mass is 9.93. The summed E-state index contributed by atoms with van der Waals surface area (Å²) in [6, 6.07) is 12.0. The molecule has 1 fully saturated rings. The Labute approximate surface area is 149 Å². The van der Waals surface area contributed by atoms with Crippen molar-refractivity contribution >= 4 is 21.8 Å². The third-order valence-electron chi connectivity index (χ3n) is 4.82. The largest absolute Gasteiger partial charge is 0.386 e. The van der Waals surface area contributed by atoms with E-state index < -0.39 is 22.7 Å². The maximum atomic E-state index is 10.1. The van der Waals surface area contributed by atoms with Gasteiger partial charge in [0.05, 0.1) is 12.1 Å². The average Bonchev–Trinajstić information content (AvgIpc) is 3.14. The lowest BCUT2D eigenvalue weighted by Crippen LogP contribution is -2.43. The van der Waals surface area contributed by atoms with Gasteiger partial charge in [0.15, 0.2) is 5.41 Å². The molecule has 1 aliphatic carbocycles. The molecular weight excluding hydrogens is 372 g/mol. The molecule has 3 atom stereocenters. The molecule has 2 aliphatic rings. The van der Waals surface area contributed by atoms with Crippen LogP contribution in [-0.2, 0) is 9.47 Å². The zero-order valence-electron chi connectivity index (χ0n) is 13.4. The first-order valence-electron chi connectivity index (χ1n) is 7.72. The van der Waals surface area contributed by atoms with Crippen LogP contribution in [0.5, 0.6) is 0 Å². The Morgan fingerprint density at radius 3 is 2.33 bits per heavy atom. The van der Waals surface area contributed by atoms with Gasteiger partial charge in [-0.2, -0.15) is 10.5 Å². The van der Waals surface area contributed by atoms with E-state index in [2.05, 4.69) is 33.1 Å². The van der Waals surface area contributed by atoms with Crippen molar-refractivity contribution < 1.29 is 9.47 Å². The van der Waals surface area contributed by atoms with Gasteiger partial charge in [0, 0.05) is 23.6 Å². The van der Waals surface area contributed by atoms with Crippen LogP contribution in [0.1, 0.15) is 25.3 Å². The molecule has 0 aromatic heterocycles. The quantitative estimate of drug-likeness (QED) is 0.780. The molecule has 0 spiro atoms. The highest BCUT2D eigenvalue weighted by Gasteiger charge is 2.93. The lowest BCUT2D eigenvalue weighted by molar-refractivity contribution is -0.255. The minimum absolute atomic E-state index is 0.0919. The number of hydrogen-bond acceptors (Lipinski definition) is 6. The van der Waals surface area contributed by atoms with E-state index in [0.29, 0.717) is 0 Å². The SMILES string of the molecule is CCOC1(OCC)N=C(N)[C@@]2(C#N)[C@H](c3ccccc3Br)[C@@]12C#N. The van der Waals surface area contributed by atoms with Crippen molar-refractivity contribution in [1.82, 2.24) is 0 Å². The van der Waals surface area contributed by atoms with Crippen molar-refractivity contribution in [2.24, 2.45) is 21.6 Å². The topological polar surface area (TPSA) is 104 Å². The predicted octanol–water partition coefficient (Wildman–Crippen LogP) is 2.66. The van der Waals surface area contributed by atoms with Crippen molar-refractivity contribution in [1.29, 1.82) is 10.5 Å². The molecule has 124 valence electrons. The van der Waals surface area contributed by atoms with Crippen LogP contribution in [0.4, 0.5) is 0 Å². The molecule has 0 unspecified atom stereocenters.